The van der Waals surface area contributed by atoms with Gasteiger partial charge in [0.2, 0.25) is 0 Å². The molecule has 0 amide bonds. The van der Waals surface area contributed by atoms with E-state index in [4.69, 9.17) is 19.9 Å². The summed E-state index contributed by atoms with van der Waals surface area (Å²) in [6.07, 6.45) is 0. The van der Waals surface area contributed by atoms with Gasteiger partial charge in [0.15, 0.2) is 5.41 Å². The maximum absolute atomic E-state index is 10.1. The summed E-state index contributed by atoms with van der Waals surface area (Å²) in [5.41, 5.74) is 4.35. The van der Waals surface area contributed by atoms with E-state index in [0.29, 0.717) is 5.75 Å². The van der Waals surface area contributed by atoms with Crippen molar-refractivity contribution < 1.29 is 14.2 Å². The van der Waals surface area contributed by atoms with Crippen LogP contribution in [0.15, 0.2) is 29.3 Å². The molecule has 3 rings (SSSR count). The largest absolute Gasteiger partial charge is 0.497 e. The molecule has 0 aromatic heterocycles. The lowest BCUT2D eigenvalue weighted by atomic mass is 9.93. The van der Waals surface area contributed by atoms with Crippen molar-refractivity contribution in [3.05, 3.63) is 29.8 Å². The van der Waals surface area contributed by atoms with Crippen molar-refractivity contribution >= 4 is 5.84 Å². The molecular weight excluding hydrogens is 320 g/mol. The van der Waals surface area contributed by atoms with Crippen LogP contribution < -0.4 is 10.5 Å². The molecule has 1 aromatic rings. The van der Waals surface area contributed by atoms with E-state index in [9.17, 15) is 10.5 Å². The predicted octanol–water partition coefficient (Wildman–Crippen LogP) is 1.91. The molecule has 3 atom stereocenters. The third kappa shape index (κ3) is 1.82. The van der Waals surface area contributed by atoms with E-state index >= 15 is 0 Å². The molecule has 130 valence electrons. The van der Waals surface area contributed by atoms with Crippen LogP contribution in [0.4, 0.5) is 0 Å². The van der Waals surface area contributed by atoms with Crippen molar-refractivity contribution in [2.24, 2.45) is 21.6 Å². The normalized spacial score (nSPS) is 31.4. The number of ether oxygens (including phenoxy) is 3. The van der Waals surface area contributed by atoms with Crippen LogP contribution in [0.2, 0.25) is 0 Å². The zero-order chi connectivity index (χ0) is 18.3. The van der Waals surface area contributed by atoms with E-state index in [1.807, 2.05) is 12.1 Å². The topological polar surface area (TPSA) is 114 Å². The van der Waals surface area contributed by atoms with Crippen molar-refractivity contribution in [2.75, 3.05) is 20.3 Å². The van der Waals surface area contributed by atoms with Crippen LogP contribution in [-0.2, 0) is 9.47 Å². The van der Waals surface area contributed by atoms with Gasteiger partial charge in [-0.2, -0.15) is 10.5 Å². The fourth-order valence-electron chi connectivity index (χ4n) is 4.05. The minimum Gasteiger partial charge on any atom is -0.497 e. The number of rotatable bonds is 6. The zero-order valence-electron chi connectivity index (χ0n) is 14.4. The quantitative estimate of drug-likeness (QED) is 0.791. The van der Waals surface area contributed by atoms with Gasteiger partial charge in [-0.25, -0.2) is 4.99 Å². The molecule has 1 aromatic carbocycles. The number of nitrogens with zero attached hydrogens (tertiary/aromatic N) is 3. The molecule has 0 saturated heterocycles. The molecule has 0 spiro atoms. The lowest BCUT2D eigenvalue weighted by Crippen LogP contribution is -2.43. The van der Waals surface area contributed by atoms with E-state index in [-0.39, 0.29) is 19.0 Å². The molecule has 1 saturated carbocycles. The third-order valence-electron chi connectivity index (χ3n) is 5.06. The smallest absolute Gasteiger partial charge is 0.293 e. The lowest BCUT2D eigenvalue weighted by Gasteiger charge is -2.31. The second kappa shape index (κ2) is 5.73. The number of amidine groups is 1. The van der Waals surface area contributed by atoms with E-state index < -0.39 is 22.7 Å². The van der Waals surface area contributed by atoms with Crippen molar-refractivity contribution in [1.29, 1.82) is 10.5 Å². The molecule has 3 unspecified atom stereocenters. The Morgan fingerprint density at radius 1 is 1.12 bits per heavy atom. The number of methoxy groups -OCH3 is 1. The number of benzene rings is 1. The van der Waals surface area contributed by atoms with Gasteiger partial charge in [0.05, 0.1) is 19.2 Å². The van der Waals surface area contributed by atoms with Crippen LogP contribution >= 0.6 is 0 Å². The van der Waals surface area contributed by atoms with Crippen LogP contribution in [-0.4, -0.2) is 32.1 Å². The second-order valence-corrected chi connectivity index (χ2v) is 5.99. The summed E-state index contributed by atoms with van der Waals surface area (Å²) in [5, 5.41) is 20.0. The fourth-order valence-corrected chi connectivity index (χ4v) is 4.05. The summed E-state index contributed by atoms with van der Waals surface area (Å²) < 4.78 is 16.7. The first kappa shape index (κ1) is 17.2. The van der Waals surface area contributed by atoms with E-state index in [2.05, 4.69) is 17.1 Å². The molecule has 1 heterocycles. The fraction of sp³-hybridized carbons (Fsp3) is 0.500. The van der Waals surface area contributed by atoms with Gasteiger partial charge in [-0.1, -0.05) is 12.1 Å². The van der Waals surface area contributed by atoms with Gasteiger partial charge in [0.25, 0.3) is 5.91 Å². The van der Waals surface area contributed by atoms with Crippen molar-refractivity contribution in [1.82, 2.24) is 0 Å². The Morgan fingerprint density at radius 3 is 2.16 bits per heavy atom. The van der Waals surface area contributed by atoms with Gasteiger partial charge in [0, 0.05) is 19.1 Å². The van der Waals surface area contributed by atoms with Crippen LogP contribution in [0, 0.1) is 33.5 Å². The molecule has 0 bridgehead atoms. The zero-order valence-corrected chi connectivity index (χ0v) is 14.4. The summed E-state index contributed by atoms with van der Waals surface area (Å²) in [5.74, 6) is -1.29. The molecule has 2 N–H and O–H groups in total. The number of hydrogen-bond acceptors (Lipinski definition) is 7. The SMILES string of the molecule is CCOC1(OCC)N=C(N)C2(C#N)C(c3ccc(OC)cc3)C12C#N. The van der Waals surface area contributed by atoms with Gasteiger partial charge in [-0.3, -0.25) is 0 Å². The van der Waals surface area contributed by atoms with Crippen LogP contribution in [0.1, 0.15) is 25.3 Å². The first-order valence-electron chi connectivity index (χ1n) is 8.13. The predicted molar refractivity (Wildman–Crippen MR) is 89.4 cm³/mol. The summed E-state index contributed by atoms with van der Waals surface area (Å²) >= 11 is 0. The molecule has 7 heteroatoms. The highest BCUT2D eigenvalue weighted by Crippen LogP contribution is 2.81. The van der Waals surface area contributed by atoms with Gasteiger partial charge < -0.3 is 19.9 Å². The Hall–Kier alpha value is -2.61. The molecule has 2 aliphatic rings. The number of nitrogens with two attached hydrogens (primary N) is 1. The maximum Gasteiger partial charge on any atom is 0.293 e. The summed E-state index contributed by atoms with van der Waals surface area (Å²) in [6.45, 7) is 4.12. The molecule has 7 nitrogen and oxygen atoms in total. The Labute approximate surface area is 146 Å². The van der Waals surface area contributed by atoms with E-state index in [1.54, 1.807) is 33.1 Å². The monoisotopic (exact) mass is 340 g/mol. The molecule has 1 aliphatic heterocycles. The van der Waals surface area contributed by atoms with Gasteiger partial charge >= 0.3 is 0 Å². The Morgan fingerprint density at radius 2 is 1.72 bits per heavy atom. The number of nitriles is 2. The van der Waals surface area contributed by atoms with E-state index in [0.717, 1.165) is 5.56 Å². The molecule has 1 fully saturated rings. The van der Waals surface area contributed by atoms with E-state index in [1.165, 1.54) is 0 Å². The van der Waals surface area contributed by atoms with Crippen LogP contribution in [0.5, 0.6) is 5.75 Å². The highest BCUT2D eigenvalue weighted by molar-refractivity contribution is 6.00. The molecule has 25 heavy (non-hydrogen) atoms. The Bertz CT molecular complexity index is 786. The summed E-state index contributed by atoms with van der Waals surface area (Å²) in [7, 11) is 1.58. The van der Waals surface area contributed by atoms with Gasteiger partial charge in [0.1, 0.15) is 17.0 Å². The van der Waals surface area contributed by atoms with Gasteiger partial charge in [-0.15, -0.1) is 0 Å². The average molecular weight is 340 g/mol. The first-order valence-corrected chi connectivity index (χ1v) is 8.13. The van der Waals surface area contributed by atoms with Gasteiger partial charge in [-0.05, 0) is 31.5 Å². The highest BCUT2D eigenvalue weighted by Gasteiger charge is 2.93. The second-order valence-electron chi connectivity index (χ2n) is 5.99. The Balaban J connectivity index is 2.17. The van der Waals surface area contributed by atoms with Crippen LogP contribution in [0.25, 0.3) is 0 Å². The number of fused-ring (bicyclic) bond motifs is 1. The molecule has 1 aliphatic carbocycles. The summed E-state index contributed by atoms with van der Waals surface area (Å²) in [4.78, 5) is 4.31. The minimum atomic E-state index is -1.57. The molecule has 0 radical (unpaired) electrons. The summed E-state index contributed by atoms with van der Waals surface area (Å²) in [6, 6.07) is 11.7. The average Bonchev–Trinajstić information content (AvgIpc) is 3.21. The third-order valence-corrected chi connectivity index (χ3v) is 5.06. The molecular formula is C18H20N4O3. The van der Waals surface area contributed by atoms with Crippen molar-refractivity contribution in [3.63, 3.8) is 0 Å². The maximum atomic E-state index is 10.1. The Kier molecular flexibility index (Phi) is 3.95. The van der Waals surface area contributed by atoms with Crippen LogP contribution in [0.3, 0.4) is 0 Å². The minimum absolute atomic E-state index is 0.0827. The standard InChI is InChI=1S/C18H20N4O3/c1-4-24-18(25-5-2)17(11-20)14(16(17,10-19)15(21)22-18)12-6-8-13(23-3)9-7-12/h6-9,14H,4-5H2,1-3H3,(H2,21,22). The van der Waals surface area contributed by atoms with Crippen molar-refractivity contribution in [3.8, 4) is 17.9 Å². The first-order chi connectivity index (χ1) is 12.0. The lowest BCUT2D eigenvalue weighted by molar-refractivity contribution is -0.255. The van der Waals surface area contributed by atoms with Crippen molar-refractivity contribution in [2.45, 2.75) is 25.7 Å². The highest BCUT2D eigenvalue weighted by atomic mass is 16.7. The number of hydrogen-bond donors (Lipinski definition) is 1. The number of aliphatic imine (C=N–C) groups is 1.